The van der Waals surface area contributed by atoms with Crippen LogP contribution in [0.15, 0.2) is 48.9 Å². The maximum absolute atomic E-state index is 13.9. The van der Waals surface area contributed by atoms with Crippen molar-refractivity contribution in [3.05, 3.63) is 54.7 Å². The van der Waals surface area contributed by atoms with Crippen LogP contribution < -0.4 is 4.74 Å². The van der Waals surface area contributed by atoms with E-state index in [9.17, 15) is 4.39 Å². The van der Waals surface area contributed by atoms with E-state index in [1.54, 1.807) is 30.0 Å². The molecule has 116 valence electrons. The first-order chi connectivity index (χ1) is 11.7. The molecular weight excluding hydrogens is 307 g/mol. The number of halogens is 1. The Kier molecular flexibility index (Phi) is 2.53. The van der Waals surface area contributed by atoms with E-state index in [0.717, 1.165) is 38.2 Å². The standard InChI is InChI=1S/C18H11FN4O/c1-24-11-3-5-13-15(7-11)14-6-10(19)2-4-12(14)16-8-23-9-20-22-18(23)21-17(13)16/h2-9H,1H3. The molecule has 0 N–H and O–H groups in total. The van der Waals surface area contributed by atoms with Gasteiger partial charge in [-0.2, -0.15) is 0 Å². The SMILES string of the molecule is COc1ccc2c(c1)c1cc(F)ccc1c1cn3cnnc3nc21. The molecule has 0 aliphatic heterocycles. The van der Waals surface area contributed by atoms with Crippen molar-refractivity contribution in [2.24, 2.45) is 0 Å². The summed E-state index contributed by atoms with van der Waals surface area (Å²) in [5, 5.41) is 12.4. The van der Waals surface area contributed by atoms with Crippen LogP contribution in [0.25, 0.3) is 38.2 Å². The summed E-state index contributed by atoms with van der Waals surface area (Å²) in [7, 11) is 1.61. The zero-order valence-corrected chi connectivity index (χ0v) is 12.7. The zero-order chi connectivity index (χ0) is 16.3. The molecule has 0 aliphatic carbocycles. The highest BCUT2D eigenvalue weighted by atomic mass is 19.1. The lowest BCUT2D eigenvalue weighted by Crippen LogP contribution is -1.93. The van der Waals surface area contributed by atoms with Gasteiger partial charge in [0, 0.05) is 17.0 Å². The van der Waals surface area contributed by atoms with Crippen LogP contribution in [0.3, 0.4) is 0 Å². The van der Waals surface area contributed by atoms with Gasteiger partial charge in [-0.1, -0.05) is 6.07 Å². The molecule has 0 spiro atoms. The molecule has 0 saturated carbocycles. The smallest absolute Gasteiger partial charge is 0.255 e. The lowest BCUT2D eigenvalue weighted by atomic mass is 9.97. The van der Waals surface area contributed by atoms with Crippen molar-refractivity contribution in [2.45, 2.75) is 0 Å². The molecule has 2 heterocycles. The van der Waals surface area contributed by atoms with E-state index in [0.29, 0.717) is 5.78 Å². The van der Waals surface area contributed by atoms with E-state index in [1.807, 2.05) is 24.4 Å². The second-order valence-electron chi connectivity index (χ2n) is 5.64. The average molecular weight is 318 g/mol. The molecule has 5 aromatic rings. The summed E-state index contributed by atoms with van der Waals surface area (Å²) < 4.78 is 21.0. The van der Waals surface area contributed by atoms with Gasteiger partial charge in [0.05, 0.1) is 12.6 Å². The van der Waals surface area contributed by atoms with Gasteiger partial charge in [-0.15, -0.1) is 10.2 Å². The first kappa shape index (κ1) is 13.2. The van der Waals surface area contributed by atoms with Gasteiger partial charge in [-0.25, -0.2) is 9.37 Å². The summed E-state index contributed by atoms with van der Waals surface area (Å²) in [5.41, 5.74) is 0.812. The number of rotatable bonds is 1. The fourth-order valence-electron chi connectivity index (χ4n) is 3.22. The van der Waals surface area contributed by atoms with E-state index in [-0.39, 0.29) is 5.82 Å². The van der Waals surface area contributed by atoms with Gasteiger partial charge in [-0.3, -0.25) is 4.40 Å². The molecule has 5 nitrogen and oxygen atoms in total. The van der Waals surface area contributed by atoms with Crippen LogP contribution in [0.1, 0.15) is 0 Å². The van der Waals surface area contributed by atoms with Crippen LogP contribution in [0.5, 0.6) is 5.75 Å². The molecule has 0 bridgehead atoms. The van der Waals surface area contributed by atoms with Crippen molar-refractivity contribution in [3.8, 4) is 5.75 Å². The Hall–Kier alpha value is -3.28. The Bertz CT molecular complexity index is 1260. The molecule has 0 fully saturated rings. The first-order valence-electron chi connectivity index (χ1n) is 7.44. The third kappa shape index (κ3) is 1.70. The topological polar surface area (TPSA) is 52.3 Å². The molecule has 0 amide bonds. The molecule has 0 unspecified atom stereocenters. The molecule has 6 heteroatoms. The Morgan fingerprint density at radius 1 is 0.958 bits per heavy atom. The molecule has 0 aliphatic rings. The molecule has 3 aromatic carbocycles. The molecular formula is C18H11FN4O. The van der Waals surface area contributed by atoms with Gasteiger partial charge in [0.15, 0.2) is 0 Å². The Morgan fingerprint density at radius 3 is 2.67 bits per heavy atom. The molecule has 24 heavy (non-hydrogen) atoms. The number of nitrogens with zero attached hydrogens (tertiary/aromatic N) is 4. The van der Waals surface area contributed by atoms with Gasteiger partial charge in [0.1, 0.15) is 17.9 Å². The number of aromatic nitrogens is 4. The second kappa shape index (κ2) is 4.61. The fraction of sp³-hybridized carbons (Fsp3) is 0.0556. The summed E-state index contributed by atoms with van der Waals surface area (Å²) >= 11 is 0. The van der Waals surface area contributed by atoms with Crippen molar-refractivity contribution >= 4 is 38.2 Å². The van der Waals surface area contributed by atoms with Crippen LogP contribution >= 0.6 is 0 Å². The number of hydrogen-bond acceptors (Lipinski definition) is 4. The van der Waals surface area contributed by atoms with Crippen molar-refractivity contribution < 1.29 is 9.13 Å². The summed E-state index contributed by atoms with van der Waals surface area (Å²) in [6, 6.07) is 10.5. The van der Waals surface area contributed by atoms with Crippen LogP contribution in [0.2, 0.25) is 0 Å². The third-order valence-electron chi connectivity index (χ3n) is 4.33. The van der Waals surface area contributed by atoms with Crippen LogP contribution in [-0.2, 0) is 0 Å². The quantitative estimate of drug-likeness (QED) is 0.442. The van der Waals surface area contributed by atoms with E-state index in [2.05, 4.69) is 15.2 Å². The molecule has 5 rings (SSSR count). The second-order valence-corrected chi connectivity index (χ2v) is 5.64. The monoisotopic (exact) mass is 318 g/mol. The maximum atomic E-state index is 13.9. The zero-order valence-electron chi connectivity index (χ0n) is 12.7. The van der Waals surface area contributed by atoms with E-state index >= 15 is 0 Å². The first-order valence-corrected chi connectivity index (χ1v) is 7.44. The lowest BCUT2D eigenvalue weighted by Gasteiger charge is -2.11. The highest BCUT2D eigenvalue weighted by molar-refractivity contribution is 6.24. The van der Waals surface area contributed by atoms with Crippen LogP contribution in [0.4, 0.5) is 4.39 Å². The summed E-state index contributed by atoms with van der Waals surface area (Å²) in [5.74, 6) is 0.973. The van der Waals surface area contributed by atoms with Gasteiger partial charge in [-0.05, 0) is 46.5 Å². The van der Waals surface area contributed by atoms with E-state index < -0.39 is 0 Å². The van der Waals surface area contributed by atoms with Crippen molar-refractivity contribution in [1.29, 1.82) is 0 Å². The minimum Gasteiger partial charge on any atom is -0.497 e. The lowest BCUT2D eigenvalue weighted by molar-refractivity contribution is 0.415. The Balaban J connectivity index is 2.11. The summed E-state index contributed by atoms with van der Waals surface area (Å²) in [6.07, 6.45) is 3.54. The normalized spacial score (nSPS) is 11.8. The van der Waals surface area contributed by atoms with Gasteiger partial charge in [0.25, 0.3) is 5.78 Å². The average Bonchev–Trinajstić information content (AvgIpc) is 3.07. The third-order valence-corrected chi connectivity index (χ3v) is 4.33. The van der Waals surface area contributed by atoms with Crippen molar-refractivity contribution in [3.63, 3.8) is 0 Å². The largest absolute Gasteiger partial charge is 0.497 e. The number of fused-ring (bicyclic) bond motifs is 7. The van der Waals surface area contributed by atoms with Crippen molar-refractivity contribution in [1.82, 2.24) is 19.6 Å². The number of ether oxygens (including phenoxy) is 1. The predicted octanol–water partition coefficient (Wildman–Crippen LogP) is 3.73. The van der Waals surface area contributed by atoms with Crippen LogP contribution in [-0.4, -0.2) is 26.7 Å². The van der Waals surface area contributed by atoms with Gasteiger partial charge in [0.2, 0.25) is 0 Å². The Morgan fingerprint density at radius 2 is 1.79 bits per heavy atom. The van der Waals surface area contributed by atoms with E-state index in [1.165, 1.54) is 6.07 Å². The van der Waals surface area contributed by atoms with Gasteiger partial charge < -0.3 is 4.74 Å². The van der Waals surface area contributed by atoms with E-state index in [4.69, 9.17) is 4.74 Å². The van der Waals surface area contributed by atoms with Gasteiger partial charge >= 0.3 is 0 Å². The molecule has 2 aromatic heterocycles. The molecule has 0 atom stereocenters. The number of benzene rings is 3. The minimum atomic E-state index is -0.274. The molecule has 0 radical (unpaired) electrons. The number of methoxy groups -OCH3 is 1. The maximum Gasteiger partial charge on any atom is 0.255 e. The molecule has 0 saturated heterocycles. The summed E-state index contributed by atoms with van der Waals surface area (Å²) in [6.45, 7) is 0. The Labute approximate surface area is 135 Å². The highest BCUT2D eigenvalue weighted by Gasteiger charge is 2.13. The highest BCUT2D eigenvalue weighted by Crippen LogP contribution is 2.36. The predicted molar refractivity (Wildman–Crippen MR) is 89.8 cm³/mol. The van der Waals surface area contributed by atoms with Crippen LogP contribution in [0, 0.1) is 5.82 Å². The summed E-state index contributed by atoms with van der Waals surface area (Å²) in [4.78, 5) is 4.65. The fourth-order valence-corrected chi connectivity index (χ4v) is 3.22. The number of hydrogen-bond donors (Lipinski definition) is 0. The minimum absolute atomic E-state index is 0.274. The van der Waals surface area contributed by atoms with Crippen molar-refractivity contribution in [2.75, 3.05) is 7.11 Å².